The molecule has 122 valence electrons. The van der Waals surface area contributed by atoms with Gasteiger partial charge < -0.3 is 24.4 Å². The Morgan fingerprint density at radius 2 is 1.78 bits per heavy atom. The maximum Gasteiger partial charge on any atom is 0.342 e. The molecule has 2 rings (SSSR count). The highest BCUT2D eigenvalue weighted by Crippen LogP contribution is 2.33. The molecule has 0 spiro atoms. The normalized spacial score (nSPS) is 10.2. The average Bonchev–Trinajstić information content (AvgIpc) is 2.52. The fraction of sp³-hybridized carbons (Fsp3) is 0.188. The molecule has 0 radical (unpaired) electrons. The Morgan fingerprint density at radius 3 is 2.39 bits per heavy atom. The third-order valence-electron chi connectivity index (χ3n) is 3.11. The molecular formula is C16H15BrO6. The molecule has 0 aliphatic heterocycles. The van der Waals surface area contributed by atoms with Crippen LogP contribution >= 0.6 is 15.9 Å². The van der Waals surface area contributed by atoms with Crippen molar-refractivity contribution in [2.75, 3.05) is 14.2 Å². The van der Waals surface area contributed by atoms with Crippen LogP contribution in [-0.4, -0.2) is 30.4 Å². The van der Waals surface area contributed by atoms with Crippen LogP contribution in [0.1, 0.15) is 15.9 Å². The number of carbonyl (C=O) groups excluding carboxylic acids is 1. The van der Waals surface area contributed by atoms with Gasteiger partial charge in [0.1, 0.15) is 35.2 Å². The number of phenolic OH excluding ortho intramolecular Hbond substituents is 2. The van der Waals surface area contributed by atoms with E-state index in [9.17, 15) is 15.0 Å². The molecule has 0 aliphatic carbocycles. The highest BCUT2D eigenvalue weighted by Gasteiger charge is 2.16. The second-order valence-corrected chi connectivity index (χ2v) is 5.43. The Bertz CT molecular complexity index is 729. The Hall–Kier alpha value is -2.41. The van der Waals surface area contributed by atoms with Crippen LogP contribution in [0, 0.1) is 0 Å². The maximum absolute atomic E-state index is 12.0. The van der Waals surface area contributed by atoms with Crippen LogP contribution in [0.5, 0.6) is 23.0 Å². The van der Waals surface area contributed by atoms with Crippen molar-refractivity contribution in [3.05, 3.63) is 45.9 Å². The molecule has 0 aromatic heterocycles. The lowest BCUT2D eigenvalue weighted by atomic mass is 10.2. The number of ether oxygens (including phenoxy) is 3. The van der Waals surface area contributed by atoms with Crippen molar-refractivity contribution in [3.63, 3.8) is 0 Å². The minimum Gasteiger partial charge on any atom is -0.508 e. The van der Waals surface area contributed by atoms with Crippen molar-refractivity contribution in [2.45, 2.75) is 6.61 Å². The smallest absolute Gasteiger partial charge is 0.342 e. The second kappa shape index (κ2) is 7.23. The Kier molecular flexibility index (Phi) is 5.33. The fourth-order valence-electron chi connectivity index (χ4n) is 1.95. The third kappa shape index (κ3) is 3.87. The summed E-state index contributed by atoms with van der Waals surface area (Å²) in [6, 6.07) is 7.04. The predicted molar refractivity (Wildman–Crippen MR) is 86.1 cm³/mol. The van der Waals surface area contributed by atoms with Gasteiger partial charge in [0.15, 0.2) is 0 Å². The van der Waals surface area contributed by atoms with E-state index in [0.29, 0.717) is 21.5 Å². The zero-order chi connectivity index (χ0) is 17.0. The molecule has 0 bridgehead atoms. The Morgan fingerprint density at radius 1 is 1.09 bits per heavy atom. The molecule has 23 heavy (non-hydrogen) atoms. The van der Waals surface area contributed by atoms with Gasteiger partial charge in [-0.15, -0.1) is 0 Å². The SMILES string of the molecule is COc1cc(COC(=O)c2ccc(O)cc2O)c(OC)cc1Br. The number of methoxy groups -OCH3 is 2. The standard InChI is InChI=1S/C16H15BrO6/c1-21-14-7-12(17)15(22-2)5-9(14)8-23-16(20)11-4-3-10(18)6-13(11)19/h3-7,18-19H,8H2,1-2H3. The molecule has 2 aromatic carbocycles. The van der Waals surface area contributed by atoms with Gasteiger partial charge in [0.2, 0.25) is 0 Å². The Balaban J connectivity index is 2.18. The van der Waals surface area contributed by atoms with Gasteiger partial charge in [0.25, 0.3) is 0 Å². The average molecular weight is 383 g/mol. The molecule has 0 saturated heterocycles. The zero-order valence-corrected chi connectivity index (χ0v) is 14.1. The molecule has 0 fully saturated rings. The first kappa shape index (κ1) is 17.0. The van der Waals surface area contributed by atoms with Gasteiger partial charge in [-0.2, -0.15) is 0 Å². The summed E-state index contributed by atoms with van der Waals surface area (Å²) in [4.78, 5) is 12.0. The van der Waals surface area contributed by atoms with E-state index >= 15 is 0 Å². The predicted octanol–water partition coefficient (Wildman–Crippen LogP) is 3.23. The van der Waals surface area contributed by atoms with E-state index in [0.717, 1.165) is 6.07 Å². The first-order chi connectivity index (χ1) is 11.0. The highest BCUT2D eigenvalue weighted by atomic mass is 79.9. The van der Waals surface area contributed by atoms with Crippen LogP contribution in [0.15, 0.2) is 34.8 Å². The van der Waals surface area contributed by atoms with E-state index in [1.165, 1.54) is 26.4 Å². The van der Waals surface area contributed by atoms with Gasteiger partial charge in [-0.3, -0.25) is 0 Å². The maximum atomic E-state index is 12.0. The molecule has 2 N–H and O–H groups in total. The van der Waals surface area contributed by atoms with E-state index in [1.54, 1.807) is 12.1 Å². The summed E-state index contributed by atoms with van der Waals surface area (Å²) in [7, 11) is 3.03. The minimum atomic E-state index is -0.716. The summed E-state index contributed by atoms with van der Waals surface area (Å²) >= 11 is 3.35. The Labute approximate surface area is 141 Å². The minimum absolute atomic E-state index is 0.0363. The highest BCUT2D eigenvalue weighted by molar-refractivity contribution is 9.10. The second-order valence-electron chi connectivity index (χ2n) is 4.58. The molecule has 0 atom stereocenters. The van der Waals surface area contributed by atoms with Crippen molar-refractivity contribution in [3.8, 4) is 23.0 Å². The molecule has 0 aliphatic rings. The molecule has 6 nitrogen and oxygen atoms in total. The summed E-state index contributed by atoms with van der Waals surface area (Å²) < 4.78 is 16.3. The van der Waals surface area contributed by atoms with Gasteiger partial charge in [-0.05, 0) is 40.2 Å². The van der Waals surface area contributed by atoms with E-state index < -0.39 is 5.97 Å². The molecular weight excluding hydrogens is 368 g/mol. The number of carbonyl (C=O) groups is 1. The van der Waals surface area contributed by atoms with Crippen LogP contribution in [0.4, 0.5) is 0 Å². The summed E-state index contributed by atoms with van der Waals surface area (Å²) in [5, 5.41) is 18.9. The van der Waals surface area contributed by atoms with Crippen molar-refractivity contribution >= 4 is 21.9 Å². The number of hydrogen-bond donors (Lipinski definition) is 2. The lowest BCUT2D eigenvalue weighted by Crippen LogP contribution is -2.06. The number of benzene rings is 2. The van der Waals surface area contributed by atoms with Gasteiger partial charge in [0.05, 0.1) is 18.7 Å². The van der Waals surface area contributed by atoms with Gasteiger partial charge in [-0.1, -0.05) is 0 Å². The number of aromatic hydroxyl groups is 2. The van der Waals surface area contributed by atoms with E-state index in [1.807, 2.05) is 0 Å². The summed E-state index contributed by atoms with van der Waals surface area (Å²) in [5.74, 6) is -0.107. The van der Waals surface area contributed by atoms with Crippen LogP contribution < -0.4 is 9.47 Å². The van der Waals surface area contributed by atoms with E-state index in [-0.39, 0.29) is 23.7 Å². The van der Waals surface area contributed by atoms with Crippen LogP contribution in [-0.2, 0) is 11.3 Å². The molecule has 7 heteroatoms. The molecule has 0 unspecified atom stereocenters. The van der Waals surface area contributed by atoms with Crippen LogP contribution in [0.25, 0.3) is 0 Å². The van der Waals surface area contributed by atoms with Gasteiger partial charge in [-0.25, -0.2) is 4.79 Å². The number of phenols is 2. The summed E-state index contributed by atoms with van der Waals surface area (Å²) in [5.41, 5.74) is 0.574. The topological polar surface area (TPSA) is 85.2 Å². The number of hydrogen-bond acceptors (Lipinski definition) is 6. The third-order valence-corrected chi connectivity index (χ3v) is 3.73. The van der Waals surface area contributed by atoms with E-state index in [2.05, 4.69) is 15.9 Å². The van der Waals surface area contributed by atoms with Crippen LogP contribution in [0.3, 0.4) is 0 Å². The number of esters is 1. The molecule has 2 aromatic rings. The number of rotatable bonds is 5. The largest absolute Gasteiger partial charge is 0.508 e. The number of halogens is 1. The lowest BCUT2D eigenvalue weighted by Gasteiger charge is -2.13. The van der Waals surface area contributed by atoms with Crippen LogP contribution in [0.2, 0.25) is 0 Å². The first-order valence-electron chi connectivity index (χ1n) is 6.55. The fourth-order valence-corrected chi connectivity index (χ4v) is 2.43. The quantitative estimate of drug-likeness (QED) is 0.772. The molecule has 0 heterocycles. The van der Waals surface area contributed by atoms with Crippen molar-refractivity contribution < 1.29 is 29.2 Å². The zero-order valence-electron chi connectivity index (χ0n) is 12.5. The lowest BCUT2D eigenvalue weighted by molar-refractivity contribution is 0.0466. The summed E-state index contributed by atoms with van der Waals surface area (Å²) in [6.07, 6.45) is 0. The van der Waals surface area contributed by atoms with Crippen molar-refractivity contribution in [1.82, 2.24) is 0 Å². The monoisotopic (exact) mass is 382 g/mol. The summed E-state index contributed by atoms with van der Waals surface area (Å²) in [6.45, 7) is -0.0635. The van der Waals surface area contributed by atoms with E-state index in [4.69, 9.17) is 14.2 Å². The molecule has 0 amide bonds. The van der Waals surface area contributed by atoms with Gasteiger partial charge >= 0.3 is 5.97 Å². The van der Waals surface area contributed by atoms with Crippen molar-refractivity contribution in [1.29, 1.82) is 0 Å². The first-order valence-corrected chi connectivity index (χ1v) is 7.35. The van der Waals surface area contributed by atoms with Gasteiger partial charge in [0, 0.05) is 11.6 Å². The van der Waals surface area contributed by atoms with Crippen molar-refractivity contribution in [2.24, 2.45) is 0 Å². The molecule has 0 saturated carbocycles.